The van der Waals surface area contributed by atoms with Crippen LogP contribution in [-0.4, -0.2) is 16.1 Å². The van der Waals surface area contributed by atoms with Gasteiger partial charge in [-0.3, -0.25) is 14.9 Å². The summed E-state index contributed by atoms with van der Waals surface area (Å²) in [7, 11) is 0. The lowest BCUT2D eigenvalue weighted by atomic mass is 10.1. The number of amides is 1. The number of hydrogen-bond donors (Lipinski definition) is 1. The van der Waals surface area contributed by atoms with Crippen molar-refractivity contribution in [2.24, 2.45) is 0 Å². The van der Waals surface area contributed by atoms with E-state index in [1.54, 1.807) is 37.3 Å². The summed E-state index contributed by atoms with van der Waals surface area (Å²) >= 11 is 1.18. The van der Waals surface area contributed by atoms with Crippen molar-refractivity contribution >= 4 is 39.4 Å². The van der Waals surface area contributed by atoms with Crippen LogP contribution in [0.2, 0.25) is 0 Å². The summed E-state index contributed by atoms with van der Waals surface area (Å²) in [6, 6.07) is 8.52. The Morgan fingerprint density at radius 2 is 2.17 bits per heavy atom. The van der Waals surface area contributed by atoms with E-state index in [9.17, 15) is 14.9 Å². The van der Waals surface area contributed by atoms with Crippen molar-refractivity contribution in [2.45, 2.75) is 6.92 Å². The molecule has 0 radical (unpaired) electrons. The summed E-state index contributed by atoms with van der Waals surface area (Å²) in [5, 5.41) is 20.5. The van der Waals surface area contributed by atoms with Gasteiger partial charge in [0, 0.05) is 0 Å². The Balaban J connectivity index is 1.96. The highest BCUT2D eigenvalue weighted by atomic mass is 32.1. The Hall–Kier alpha value is -3.31. The third-order valence-corrected chi connectivity index (χ3v) is 3.87. The highest BCUT2D eigenvalue weighted by Gasteiger charge is 2.14. The monoisotopic (exact) mass is 338 g/mol. The summed E-state index contributed by atoms with van der Waals surface area (Å²) in [6.07, 6.45) is 2.42. The van der Waals surface area contributed by atoms with Crippen molar-refractivity contribution in [1.82, 2.24) is 10.2 Å². The van der Waals surface area contributed by atoms with Crippen LogP contribution in [0.3, 0.4) is 0 Å². The minimum Gasteiger partial charge on any atom is -0.463 e. The van der Waals surface area contributed by atoms with E-state index in [1.807, 2.05) is 0 Å². The average Bonchev–Trinajstić information content (AvgIpc) is 2.99. The molecule has 7 nitrogen and oxygen atoms in total. The second-order valence-electron chi connectivity index (χ2n) is 4.77. The number of fused-ring (bicyclic) bond motifs is 1. The Bertz CT molecular complexity index is 1060. The van der Waals surface area contributed by atoms with Crippen LogP contribution in [0.5, 0.6) is 0 Å². The maximum Gasteiger partial charge on any atom is 0.268 e. The van der Waals surface area contributed by atoms with Gasteiger partial charge in [-0.15, -0.1) is 10.2 Å². The number of nitrogens with zero attached hydrogens (tertiary/aromatic N) is 3. The van der Waals surface area contributed by atoms with Crippen LogP contribution < -0.4 is 10.7 Å². The van der Waals surface area contributed by atoms with Crippen molar-refractivity contribution in [1.29, 1.82) is 5.26 Å². The molecule has 24 heavy (non-hydrogen) atoms. The highest BCUT2D eigenvalue weighted by molar-refractivity contribution is 7.15. The third-order valence-electron chi connectivity index (χ3n) is 3.12. The fourth-order valence-electron chi connectivity index (χ4n) is 2.01. The number of para-hydroxylation sites is 1. The molecule has 1 aromatic carbocycles. The van der Waals surface area contributed by atoms with E-state index in [0.717, 1.165) is 0 Å². The van der Waals surface area contributed by atoms with Gasteiger partial charge in [0.25, 0.3) is 5.91 Å². The Kier molecular flexibility index (Phi) is 4.18. The van der Waals surface area contributed by atoms with Crippen LogP contribution in [0.15, 0.2) is 45.3 Å². The van der Waals surface area contributed by atoms with Gasteiger partial charge < -0.3 is 4.42 Å². The molecular weight excluding hydrogens is 328 g/mol. The summed E-state index contributed by atoms with van der Waals surface area (Å²) in [5.74, 6) is -0.666. The molecule has 0 spiro atoms. The van der Waals surface area contributed by atoms with E-state index in [-0.39, 0.29) is 21.7 Å². The molecule has 0 aliphatic heterocycles. The lowest BCUT2D eigenvalue weighted by Gasteiger charge is -2.00. The molecule has 0 saturated carbocycles. The quantitative estimate of drug-likeness (QED) is 0.580. The minimum absolute atomic E-state index is 0.119. The number of nitrogens with one attached hydrogen (secondary N) is 1. The summed E-state index contributed by atoms with van der Waals surface area (Å²) < 4.78 is 5.36. The highest BCUT2D eigenvalue weighted by Crippen LogP contribution is 2.16. The van der Waals surface area contributed by atoms with Crippen molar-refractivity contribution in [3.8, 4) is 6.07 Å². The van der Waals surface area contributed by atoms with E-state index in [4.69, 9.17) is 4.42 Å². The van der Waals surface area contributed by atoms with Crippen molar-refractivity contribution in [3.05, 3.63) is 56.9 Å². The van der Waals surface area contributed by atoms with Gasteiger partial charge in [-0.2, -0.15) is 5.26 Å². The molecule has 0 bridgehead atoms. The largest absolute Gasteiger partial charge is 0.463 e. The first kappa shape index (κ1) is 15.6. The predicted octanol–water partition coefficient (Wildman–Crippen LogP) is 2.50. The van der Waals surface area contributed by atoms with Gasteiger partial charge in [-0.25, -0.2) is 0 Å². The lowest BCUT2D eigenvalue weighted by molar-refractivity contribution is -0.112. The van der Waals surface area contributed by atoms with Crippen LogP contribution in [0, 0.1) is 18.3 Å². The molecule has 0 unspecified atom stereocenters. The molecule has 2 heterocycles. The molecule has 118 valence electrons. The zero-order chi connectivity index (χ0) is 17.1. The summed E-state index contributed by atoms with van der Waals surface area (Å²) in [5.41, 5.74) is 0.00961. The number of aromatic nitrogens is 2. The number of nitriles is 1. The van der Waals surface area contributed by atoms with Crippen LogP contribution in [0.1, 0.15) is 10.6 Å². The van der Waals surface area contributed by atoms with Gasteiger partial charge in [0.05, 0.1) is 10.9 Å². The molecule has 3 rings (SSSR count). The van der Waals surface area contributed by atoms with Crippen molar-refractivity contribution in [3.63, 3.8) is 0 Å². The first-order chi connectivity index (χ1) is 11.6. The third kappa shape index (κ3) is 3.06. The standard InChI is InChI=1S/C16H10N4O3S/c1-9-19-20-16(24-9)18-15(22)10(7-17)6-11-8-23-13-5-3-2-4-12(13)14(11)21/h2-6,8H,1H3,(H,18,20,22)/b10-6-. The molecule has 2 aromatic heterocycles. The molecule has 1 N–H and O–H groups in total. The topological polar surface area (TPSA) is 109 Å². The fourth-order valence-corrected chi connectivity index (χ4v) is 2.60. The Morgan fingerprint density at radius 3 is 2.88 bits per heavy atom. The second kappa shape index (κ2) is 6.44. The smallest absolute Gasteiger partial charge is 0.268 e. The van der Waals surface area contributed by atoms with Gasteiger partial charge in [-0.05, 0) is 25.1 Å². The molecule has 0 aliphatic carbocycles. The number of benzene rings is 1. The summed E-state index contributed by atoms with van der Waals surface area (Å²) in [4.78, 5) is 24.5. The van der Waals surface area contributed by atoms with Crippen LogP contribution in [0.4, 0.5) is 5.13 Å². The van der Waals surface area contributed by atoms with Gasteiger partial charge >= 0.3 is 0 Å². The van der Waals surface area contributed by atoms with E-state index in [1.165, 1.54) is 23.7 Å². The number of hydrogen-bond acceptors (Lipinski definition) is 7. The van der Waals surface area contributed by atoms with Gasteiger partial charge in [-0.1, -0.05) is 23.5 Å². The number of rotatable bonds is 3. The SMILES string of the molecule is Cc1nnc(NC(=O)/C(C#N)=C\c2coc3ccccc3c2=O)s1. The number of carbonyl (C=O) groups excluding carboxylic acids is 1. The maximum atomic E-state index is 12.4. The summed E-state index contributed by atoms with van der Waals surface area (Å²) in [6.45, 7) is 1.74. The number of carbonyl (C=O) groups is 1. The van der Waals surface area contributed by atoms with Gasteiger partial charge in [0.15, 0.2) is 5.43 Å². The number of aryl methyl sites for hydroxylation is 1. The van der Waals surface area contributed by atoms with Crippen LogP contribution in [-0.2, 0) is 4.79 Å². The van der Waals surface area contributed by atoms with Crippen LogP contribution in [0.25, 0.3) is 17.0 Å². The zero-order valence-corrected chi connectivity index (χ0v) is 13.3. The molecule has 0 aliphatic rings. The van der Waals surface area contributed by atoms with E-state index >= 15 is 0 Å². The Morgan fingerprint density at radius 1 is 1.38 bits per heavy atom. The van der Waals surface area contributed by atoms with Gasteiger partial charge in [0.1, 0.15) is 28.5 Å². The molecule has 1 amide bonds. The van der Waals surface area contributed by atoms with Crippen molar-refractivity contribution in [2.75, 3.05) is 5.32 Å². The van der Waals surface area contributed by atoms with Crippen LogP contribution >= 0.6 is 11.3 Å². The minimum atomic E-state index is -0.666. The van der Waals surface area contributed by atoms with E-state index in [2.05, 4.69) is 15.5 Å². The zero-order valence-electron chi connectivity index (χ0n) is 12.4. The van der Waals surface area contributed by atoms with E-state index < -0.39 is 5.91 Å². The normalized spacial score (nSPS) is 11.2. The molecule has 0 saturated heterocycles. The van der Waals surface area contributed by atoms with E-state index in [0.29, 0.717) is 16.0 Å². The molecule has 0 fully saturated rings. The van der Waals surface area contributed by atoms with Crippen molar-refractivity contribution < 1.29 is 9.21 Å². The predicted molar refractivity (Wildman–Crippen MR) is 89.3 cm³/mol. The maximum absolute atomic E-state index is 12.4. The number of anilines is 1. The Labute approximate surface area is 139 Å². The molecule has 3 aromatic rings. The van der Waals surface area contributed by atoms with Gasteiger partial charge in [0.2, 0.25) is 5.13 Å². The average molecular weight is 338 g/mol. The lowest BCUT2D eigenvalue weighted by Crippen LogP contribution is -2.14. The first-order valence-electron chi connectivity index (χ1n) is 6.82. The second-order valence-corrected chi connectivity index (χ2v) is 5.95. The fraction of sp³-hybridized carbons (Fsp3) is 0.0625. The molecule has 8 heteroatoms. The first-order valence-corrected chi connectivity index (χ1v) is 7.64. The molecular formula is C16H10N4O3S. The molecule has 0 atom stereocenters.